The normalized spacial score (nSPS) is 11.4. The van der Waals surface area contributed by atoms with Crippen LogP contribution in [0.4, 0.5) is 5.69 Å². The van der Waals surface area contributed by atoms with E-state index >= 15 is 0 Å². The van der Waals surface area contributed by atoms with Gasteiger partial charge in [0.2, 0.25) is 0 Å². The van der Waals surface area contributed by atoms with Gasteiger partial charge in [-0.15, -0.1) is 0 Å². The second-order valence-electron chi connectivity index (χ2n) is 15.9. The van der Waals surface area contributed by atoms with Crippen LogP contribution in [-0.4, -0.2) is 24.1 Å². The van der Waals surface area contributed by atoms with Crippen LogP contribution in [0.25, 0.3) is 116 Å². The van der Waals surface area contributed by atoms with Crippen LogP contribution in [0.15, 0.2) is 218 Å². The molecule has 0 aliphatic heterocycles. The summed E-state index contributed by atoms with van der Waals surface area (Å²) in [6.07, 6.45) is 0. The Bertz CT molecular complexity index is 3710. The van der Waals surface area contributed by atoms with Crippen LogP contribution >= 0.6 is 0 Å². The van der Waals surface area contributed by atoms with E-state index in [9.17, 15) is 0 Å². The van der Waals surface area contributed by atoms with Crippen LogP contribution in [0.5, 0.6) is 0 Å². The van der Waals surface area contributed by atoms with Gasteiger partial charge >= 0.3 is 0 Å². The fourth-order valence-corrected chi connectivity index (χ4v) is 9.24. The maximum atomic E-state index is 7.52. The molecule has 64 heavy (non-hydrogen) atoms. The van der Waals surface area contributed by atoms with Crippen LogP contribution in [0.2, 0.25) is 0 Å². The fourth-order valence-electron chi connectivity index (χ4n) is 9.24. The van der Waals surface area contributed by atoms with E-state index in [-0.39, 0.29) is 0 Å². The van der Waals surface area contributed by atoms with Crippen molar-refractivity contribution >= 4 is 49.3 Å². The average molecular weight is 817 g/mol. The topological polar surface area (TPSA) is 52.9 Å². The van der Waals surface area contributed by atoms with Crippen molar-refractivity contribution in [3.05, 3.63) is 230 Å². The summed E-state index contributed by atoms with van der Waals surface area (Å²) in [6.45, 7) is 7.52. The summed E-state index contributed by atoms with van der Waals surface area (Å²) in [6, 6.07) is 76.0. The highest BCUT2D eigenvalue weighted by Gasteiger charge is 2.23. The van der Waals surface area contributed by atoms with Crippen molar-refractivity contribution in [1.82, 2.24) is 24.1 Å². The zero-order valence-corrected chi connectivity index (χ0v) is 34.5. The summed E-state index contributed by atoms with van der Waals surface area (Å²) in [4.78, 5) is 19.4. The van der Waals surface area contributed by atoms with Crippen LogP contribution in [0.1, 0.15) is 0 Å². The fraction of sp³-hybridized carbons (Fsp3) is 0. The Morgan fingerprint density at radius 3 is 1.55 bits per heavy atom. The zero-order valence-electron chi connectivity index (χ0n) is 34.5. The summed E-state index contributed by atoms with van der Waals surface area (Å²) >= 11 is 0. The average Bonchev–Trinajstić information content (AvgIpc) is 3.89. The highest BCUT2D eigenvalue weighted by atomic mass is 15.1. The molecule has 0 aliphatic rings. The number of hydrogen-bond donors (Lipinski definition) is 0. The first-order valence-corrected chi connectivity index (χ1v) is 21.3. The summed E-state index contributed by atoms with van der Waals surface area (Å²) < 4.78 is 4.74. The van der Waals surface area contributed by atoms with Crippen LogP contribution < -0.4 is 0 Å². The summed E-state index contributed by atoms with van der Waals surface area (Å²) in [7, 11) is 0. The Hall–Kier alpha value is -8.92. The predicted molar refractivity (Wildman–Crippen MR) is 262 cm³/mol. The highest BCUT2D eigenvalue weighted by molar-refractivity contribution is 6.14. The molecule has 6 heteroatoms. The minimum absolute atomic E-state index is 0.567. The van der Waals surface area contributed by atoms with E-state index in [4.69, 9.17) is 21.5 Å². The minimum Gasteiger partial charge on any atom is -0.309 e. The number of aromatic nitrogens is 5. The van der Waals surface area contributed by atoms with Gasteiger partial charge < -0.3 is 9.13 Å². The Balaban J connectivity index is 1.18. The maximum absolute atomic E-state index is 7.52. The van der Waals surface area contributed by atoms with E-state index in [0.717, 1.165) is 83.2 Å². The lowest BCUT2D eigenvalue weighted by Gasteiger charge is -2.17. The first-order valence-electron chi connectivity index (χ1n) is 21.3. The van der Waals surface area contributed by atoms with Gasteiger partial charge in [0, 0.05) is 49.5 Å². The molecule has 0 amide bonds. The van der Waals surface area contributed by atoms with Gasteiger partial charge in [-0.25, -0.2) is 19.8 Å². The van der Waals surface area contributed by atoms with Crippen molar-refractivity contribution in [1.29, 1.82) is 0 Å². The van der Waals surface area contributed by atoms with Crippen molar-refractivity contribution in [3.63, 3.8) is 0 Å². The van der Waals surface area contributed by atoms with Crippen molar-refractivity contribution in [2.75, 3.05) is 0 Å². The predicted octanol–water partition coefficient (Wildman–Crippen LogP) is 15.0. The third-order valence-corrected chi connectivity index (χ3v) is 12.2. The maximum Gasteiger partial charge on any atom is 0.187 e. The Morgan fingerprint density at radius 1 is 0.344 bits per heavy atom. The van der Waals surface area contributed by atoms with E-state index in [2.05, 4.69) is 147 Å². The van der Waals surface area contributed by atoms with Gasteiger partial charge in [-0.2, -0.15) is 0 Å². The van der Waals surface area contributed by atoms with Crippen molar-refractivity contribution in [2.45, 2.75) is 0 Å². The van der Waals surface area contributed by atoms with Crippen LogP contribution in [0, 0.1) is 6.57 Å². The smallest absolute Gasteiger partial charge is 0.187 e. The van der Waals surface area contributed by atoms with E-state index in [1.54, 1.807) is 0 Å². The third-order valence-electron chi connectivity index (χ3n) is 12.2. The lowest BCUT2D eigenvalue weighted by molar-refractivity contribution is 1.06. The molecule has 12 aromatic rings. The molecule has 0 bridgehead atoms. The Morgan fingerprint density at radius 2 is 0.875 bits per heavy atom. The SMILES string of the molecule is [C-]#[N+]c1ccc(-c2ccc3c4ccccc4n(-c4ccc(-c5cccc6c7ccccc7n(-c7ccccc7)c56)cc4-c4nc(-c5ccccc5)nc(-c5ccccc5)n4)c3c2)cc1. The van der Waals surface area contributed by atoms with Gasteiger partial charge in [-0.3, -0.25) is 0 Å². The van der Waals surface area contributed by atoms with E-state index in [1.165, 1.54) is 10.8 Å². The summed E-state index contributed by atoms with van der Waals surface area (Å²) in [5.74, 6) is 1.76. The molecule has 0 atom stereocenters. The van der Waals surface area contributed by atoms with Gasteiger partial charge in [0.05, 0.1) is 34.3 Å². The molecule has 12 rings (SSSR count). The molecule has 0 saturated carbocycles. The van der Waals surface area contributed by atoms with Crippen LogP contribution in [-0.2, 0) is 0 Å². The molecule has 0 radical (unpaired) electrons. The molecule has 0 saturated heterocycles. The van der Waals surface area contributed by atoms with E-state index in [1.807, 2.05) is 84.9 Å². The van der Waals surface area contributed by atoms with Gasteiger partial charge in [-0.1, -0.05) is 176 Å². The molecule has 3 aromatic heterocycles. The minimum atomic E-state index is 0.567. The lowest BCUT2D eigenvalue weighted by Crippen LogP contribution is -2.04. The first-order chi connectivity index (χ1) is 31.7. The second-order valence-corrected chi connectivity index (χ2v) is 15.9. The molecule has 6 nitrogen and oxygen atoms in total. The zero-order chi connectivity index (χ0) is 42.6. The summed E-state index contributed by atoms with van der Waals surface area (Å²) in [5.41, 5.74) is 14.0. The number of fused-ring (bicyclic) bond motifs is 6. The van der Waals surface area contributed by atoms with Crippen LogP contribution in [0.3, 0.4) is 0 Å². The standard InChI is InChI=1S/C58H36N6/c1-59-43-32-28-38(29-33-43)41-30-34-48-46-22-11-14-27-52(46)64(54(48)37-41)53-35-31-42(45-24-15-25-49-47-23-12-13-26-51(47)63(55(45)49)44-20-9-4-10-21-44)36-50(53)58-61-56(39-16-5-2-6-17-39)60-57(62-58)40-18-7-3-8-19-40/h2-37H. The van der Waals surface area contributed by atoms with E-state index in [0.29, 0.717) is 23.2 Å². The van der Waals surface area contributed by atoms with Gasteiger partial charge in [0.15, 0.2) is 23.2 Å². The highest BCUT2D eigenvalue weighted by Crippen LogP contribution is 2.43. The van der Waals surface area contributed by atoms with Gasteiger partial charge in [0.25, 0.3) is 0 Å². The Kier molecular flexibility index (Phi) is 8.77. The lowest BCUT2D eigenvalue weighted by atomic mass is 9.98. The number of para-hydroxylation sites is 4. The molecular weight excluding hydrogens is 781 g/mol. The molecular formula is C58H36N6. The van der Waals surface area contributed by atoms with Gasteiger partial charge in [0.1, 0.15) is 0 Å². The molecule has 9 aromatic carbocycles. The number of rotatable bonds is 7. The third kappa shape index (κ3) is 6.14. The van der Waals surface area contributed by atoms with E-state index < -0.39 is 0 Å². The first kappa shape index (κ1) is 36.9. The molecule has 0 unspecified atom stereocenters. The second kappa shape index (κ2) is 15.2. The molecule has 0 spiro atoms. The monoisotopic (exact) mass is 816 g/mol. The van der Waals surface area contributed by atoms with Crippen molar-refractivity contribution < 1.29 is 0 Å². The van der Waals surface area contributed by atoms with Crippen molar-refractivity contribution in [3.8, 4) is 67.8 Å². The van der Waals surface area contributed by atoms with Gasteiger partial charge in [-0.05, 0) is 59.2 Å². The molecule has 0 aliphatic carbocycles. The largest absolute Gasteiger partial charge is 0.309 e. The number of benzene rings is 9. The molecule has 298 valence electrons. The number of nitrogens with zero attached hydrogens (tertiary/aromatic N) is 6. The number of hydrogen-bond acceptors (Lipinski definition) is 3. The Labute approximate surface area is 369 Å². The quantitative estimate of drug-likeness (QED) is 0.151. The summed E-state index contributed by atoms with van der Waals surface area (Å²) in [5, 5.41) is 4.65. The molecule has 3 heterocycles. The molecule has 0 fully saturated rings. The molecule has 0 N–H and O–H groups in total. The van der Waals surface area contributed by atoms with Crippen molar-refractivity contribution in [2.24, 2.45) is 0 Å².